The van der Waals surface area contributed by atoms with Crippen LogP contribution in [0.15, 0.2) is 48.5 Å². The number of carbonyl (C=O) groups is 1. The van der Waals surface area contributed by atoms with Crippen molar-refractivity contribution in [2.45, 2.75) is 63.6 Å². The second-order valence-corrected chi connectivity index (χ2v) is 11.0. The molecule has 3 rings (SSSR count). The Morgan fingerprint density at radius 1 is 1.12 bits per heavy atom. The van der Waals surface area contributed by atoms with E-state index >= 15 is 0 Å². The first kappa shape index (κ1) is 26.0. The molecule has 1 saturated heterocycles. The van der Waals surface area contributed by atoms with E-state index in [0.717, 1.165) is 17.5 Å². The SMILES string of the molecule is CC(C)(C)C[C@@H]1N[C@@H](C(=O)NCCCCO)[C@H](c2cccc(Cl)c2)[C@@]1(N)c1ccc(Cl)cc1. The largest absolute Gasteiger partial charge is 0.396 e. The minimum Gasteiger partial charge on any atom is -0.396 e. The molecular weight excluding hydrogens is 457 g/mol. The zero-order chi connectivity index (χ0) is 24.2. The fraction of sp³-hybridized carbons (Fsp3) is 0.500. The molecule has 1 heterocycles. The summed E-state index contributed by atoms with van der Waals surface area (Å²) in [6.07, 6.45) is 2.14. The normalized spacial score (nSPS) is 25.2. The summed E-state index contributed by atoms with van der Waals surface area (Å²) in [5.41, 5.74) is 8.31. The highest BCUT2D eigenvalue weighted by molar-refractivity contribution is 6.30. The lowest BCUT2D eigenvalue weighted by Gasteiger charge is -2.39. The molecule has 0 spiro atoms. The smallest absolute Gasteiger partial charge is 0.237 e. The van der Waals surface area contributed by atoms with Crippen molar-refractivity contribution in [2.24, 2.45) is 11.1 Å². The van der Waals surface area contributed by atoms with Crippen molar-refractivity contribution in [1.29, 1.82) is 0 Å². The predicted molar refractivity (Wildman–Crippen MR) is 136 cm³/mol. The van der Waals surface area contributed by atoms with Crippen LogP contribution >= 0.6 is 23.2 Å². The third-order valence-electron chi connectivity index (χ3n) is 6.34. The van der Waals surface area contributed by atoms with Gasteiger partial charge in [0.05, 0.1) is 11.6 Å². The number of aliphatic hydroxyl groups is 1. The van der Waals surface area contributed by atoms with Gasteiger partial charge in [-0.3, -0.25) is 4.79 Å². The first-order chi connectivity index (χ1) is 15.6. The van der Waals surface area contributed by atoms with Crippen LogP contribution in [0.4, 0.5) is 0 Å². The minimum absolute atomic E-state index is 0.0138. The Morgan fingerprint density at radius 3 is 2.42 bits per heavy atom. The van der Waals surface area contributed by atoms with E-state index in [1.165, 1.54) is 0 Å². The molecule has 4 atom stereocenters. The minimum atomic E-state index is -0.865. The summed E-state index contributed by atoms with van der Waals surface area (Å²) in [6, 6.07) is 14.5. The number of amides is 1. The fourth-order valence-electron chi connectivity index (χ4n) is 4.86. The van der Waals surface area contributed by atoms with Crippen molar-refractivity contribution in [3.8, 4) is 0 Å². The lowest BCUT2D eigenvalue weighted by Crippen LogP contribution is -2.51. The Bertz CT molecular complexity index is 945. The standard InChI is InChI=1S/C26H35Cl2N3O2/c1-25(2,3)16-21-26(29,18-9-11-19(27)12-10-18)22(17-7-6-8-20(28)15-17)23(31-21)24(33)30-13-4-5-14-32/h6-12,15,21-23,31-32H,4-5,13-14,16,29H2,1-3H3,(H,30,33)/t21-,22-,23+,26+/m0/s1. The maximum absolute atomic E-state index is 13.4. The molecule has 0 saturated carbocycles. The van der Waals surface area contributed by atoms with Crippen LogP contribution in [-0.4, -0.2) is 36.2 Å². The quantitative estimate of drug-likeness (QED) is 0.406. The van der Waals surface area contributed by atoms with Gasteiger partial charge in [-0.15, -0.1) is 0 Å². The maximum atomic E-state index is 13.4. The maximum Gasteiger partial charge on any atom is 0.237 e. The zero-order valence-corrected chi connectivity index (χ0v) is 21.1. The summed E-state index contributed by atoms with van der Waals surface area (Å²) >= 11 is 12.6. The number of aliphatic hydroxyl groups excluding tert-OH is 1. The van der Waals surface area contributed by atoms with Gasteiger partial charge in [0.1, 0.15) is 0 Å². The predicted octanol–water partition coefficient (Wildman–Crippen LogP) is 4.60. The molecule has 1 fully saturated rings. The molecule has 33 heavy (non-hydrogen) atoms. The molecule has 7 heteroatoms. The van der Waals surface area contributed by atoms with Gasteiger partial charge in [0.2, 0.25) is 5.91 Å². The highest BCUT2D eigenvalue weighted by Crippen LogP contribution is 2.48. The molecule has 1 amide bonds. The second kappa shape index (κ2) is 10.7. The Balaban J connectivity index is 2.09. The van der Waals surface area contributed by atoms with Crippen molar-refractivity contribution >= 4 is 29.1 Å². The van der Waals surface area contributed by atoms with Gasteiger partial charge < -0.3 is 21.5 Å². The van der Waals surface area contributed by atoms with Gasteiger partial charge in [0.25, 0.3) is 0 Å². The average molecular weight is 492 g/mol. The van der Waals surface area contributed by atoms with Gasteiger partial charge in [-0.2, -0.15) is 0 Å². The molecular formula is C26H35Cl2N3O2. The topological polar surface area (TPSA) is 87.4 Å². The molecule has 1 aliphatic heterocycles. The summed E-state index contributed by atoms with van der Waals surface area (Å²) in [5.74, 6) is -0.444. The van der Waals surface area contributed by atoms with Crippen LogP contribution < -0.4 is 16.4 Å². The fourth-order valence-corrected chi connectivity index (χ4v) is 5.18. The van der Waals surface area contributed by atoms with Crippen molar-refractivity contribution in [2.75, 3.05) is 13.2 Å². The van der Waals surface area contributed by atoms with E-state index in [2.05, 4.69) is 31.4 Å². The highest BCUT2D eigenvalue weighted by atomic mass is 35.5. The summed E-state index contributed by atoms with van der Waals surface area (Å²) in [6.45, 7) is 7.13. The number of rotatable bonds is 8. The summed E-state index contributed by atoms with van der Waals surface area (Å²) in [4.78, 5) is 13.4. The Labute approximate surface area is 207 Å². The van der Waals surface area contributed by atoms with E-state index in [-0.39, 0.29) is 29.9 Å². The molecule has 0 unspecified atom stereocenters. The van der Waals surface area contributed by atoms with Crippen molar-refractivity contribution in [3.63, 3.8) is 0 Å². The molecule has 5 nitrogen and oxygen atoms in total. The number of carbonyl (C=O) groups excluding carboxylic acids is 1. The summed E-state index contributed by atoms with van der Waals surface area (Å²) in [7, 11) is 0. The number of unbranched alkanes of at least 4 members (excludes halogenated alkanes) is 1. The number of hydrogen-bond donors (Lipinski definition) is 4. The van der Waals surface area contributed by atoms with Gasteiger partial charge in [0.15, 0.2) is 0 Å². The number of nitrogens with one attached hydrogen (secondary N) is 2. The van der Waals surface area contributed by atoms with Crippen molar-refractivity contribution < 1.29 is 9.90 Å². The number of nitrogens with two attached hydrogens (primary N) is 1. The van der Waals surface area contributed by atoms with Crippen LogP contribution in [0.5, 0.6) is 0 Å². The lowest BCUT2D eigenvalue weighted by atomic mass is 9.68. The van der Waals surface area contributed by atoms with Crippen LogP contribution in [0.2, 0.25) is 10.0 Å². The van der Waals surface area contributed by atoms with Gasteiger partial charge in [-0.1, -0.05) is 68.2 Å². The number of halogens is 2. The van der Waals surface area contributed by atoms with Crippen LogP contribution in [0, 0.1) is 5.41 Å². The Morgan fingerprint density at radius 2 is 1.82 bits per heavy atom. The third kappa shape index (κ3) is 6.09. The number of hydrogen-bond acceptors (Lipinski definition) is 4. The van der Waals surface area contributed by atoms with Gasteiger partial charge in [-0.25, -0.2) is 0 Å². The molecule has 5 N–H and O–H groups in total. The van der Waals surface area contributed by atoms with Crippen LogP contribution in [0.1, 0.15) is 57.1 Å². The van der Waals surface area contributed by atoms with E-state index in [1.807, 2.05) is 48.5 Å². The van der Waals surface area contributed by atoms with Crippen molar-refractivity contribution in [1.82, 2.24) is 10.6 Å². The first-order valence-corrected chi connectivity index (χ1v) is 12.3. The Hall–Kier alpha value is -1.63. The van der Waals surface area contributed by atoms with Crippen LogP contribution in [0.25, 0.3) is 0 Å². The van der Waals surface area contributed by atoms with Gasteiger partial charge in [0, 0.05) is 35.2 Å². The molecule has 0 radical (unpaired) electrons. The number of benzene rings is 2. The first-order valence-electron chi connectivity index (χ1n) is 11.5. The average Bonchev–Trinajstić information content (AvgIpc) is 3.03. The van der Waals surface area contributed by atoms with Crippen molar-refractivity contribution in [3.05, 3.63) is 69.7 Å². The van der Waals surface area contributed by atoms with E-state index in [1.54, 1.807) is 0 Å². The lowest BCUT2D eigenvalue weighted by molar-refractivity contribution is -0.123. The van der Waals surface area contributed by atoms with E-state index in [4.69, 9.17) is 34.0 Å². The van der Waals surface area contributed by atoms with Gasteiger partial charge >= 0.3 is 0 Å². The monoisotopic (exact) mass is 491 g/mol. The van der Waals surface area contributed by atoms with Gasteiger partial charge in [-0.05, 0) is 60.1 Å². The third-order valence-corrected chi connectivity index (χ3v) is 6.83. The summed E-state index contributed by atoms with van der Waals surface area (Å²) in [5, 5.41) is 16.9. The highest BCUT2D eigenvalue weighted by Gasteiger charge is 2.56. The van der Waals surface area contributed by atoms with E-state index in [0.29, 0.717) is 29.4 Å². The van der Waals surface area contributed by atoms with Crippen LogP contribution in [0.3, 0.4) is 0 Å². The Kier molecular flexibility index (Phi) is 8.46. The second-order valence-electron chi connectivity index (χ2n) is 10.2. The molecule has 0 aromatic heterocycles. The molecule has 2 aromatic rings. The molecule has 2 aromatic carbocycles. The van der Waals surface area contributed by atoms with E-state index < -0.39 is 11.6 Å². The molecule has 0 aliphatic carbocycles. The molecule has 1 aliphatic rings. The van der Waals surface area contributed by atoms with E-state index in [9.17, 15) is 4.79 Å². The molecule has 180 valence electrons. The summed E-state index contributed by atoms with van der Waals surface area (Å²) < 4.78 is 0. The van der Waals surface area contributed by atoms with Crippen LogP contribution in [-0.2, 0) is 10.3 Å². The molecule has 0 bridgehead atoms. The zero-order valence-electron chi connectivity index (χ0n) is 19.6.